The first-order valence-corrected chi connectivity index (χ1v) is 3.07. The van der Waals surface area contributed by atoms with Gasteiger partial charge < -0.3 is 9.64 Å². The molecular weight excluding hydrogens is 132 g/mol. The third-order valence-corrected chi connectivity index (χ3v) is 1.35. The summed E-state index contributed by atoms with van der Waals surface area (Å²) in [6, 6.07) is 1.92. The Kier molecular flexibility index (Phi) is 2.24. The molecule has 1 aliphatic rings. The molecule has 0 atom stereocenters. The number of hydrogen-bond donors (Lipinski definition) is 0. The predicted molar refractivity (Wildman–Crippen MR) is 33.0 cm³/mol. The van der Waals surface area contributed by atoms with Crippen molar-refractivity contribution in [2.24, 2.45) is 0 Å². The number of carbonyl (C=O) groups is 1. The summed E-state index contributed by atoms with van der Waals surface area (Å²) >= 11 is 0. The van der Waals surface area contributed by atoms with E-state index < -0.39 is 0 Å². The van der Waals surface area contributed by atoms with Gasteiger partial charge in [0.25, 0.3) is 0 Å². The van der Waals surface area contributed by atoms with Gasteiger partial charge >= 0.3 is 0 Å². The monoisotopic (exact) mass is 140 g/mol. The second-order valence-corrected chi connectivity index (χ2v) is 2.03. The lowest BCUT2D eigenvalue weighted by Gasteiger charge is -2.23. The van der Waals surface area contributed by atoms with Crippen LogP contribution in [-0.2, 0) is 9.53 Å². The molecule has 54 valence electrons. The lowest BCUT2D eigenvalue weighted by molar-refractivity contribution is -0.141. The predicted octanol–water partition coefficient (Wildman–Crippen LogP) is -0.631. The van der Waals surface area contributed by atoms with E-state index in [2.05, 4.69) is 0 Å². The van der Waals surface area contributed by atoms with Crippen molar-refractivity contribution in [3.05, 3.63) is 0 Å². The maximum atomic E-state index is 10.8. The topological polar surface area (TPSA) is 53.3 Å². The minimum absolute atomic E-state index is 0.0900. The fraction of sp³-hybridized carbons (Fsp3) is 0.667. The smallest absolute Gasteiger partial charge is 0.249 e. The van der Waals surface area contributed by atoms with Crippen molar-refractivity contribution in [3.63, 3.8) is 0 Å². The zero-order chi connectivity index (χ0) is 7.40. The van der Waals surface area contributed by atoms with Gasteiger partial charge in [0.1, 0.15) is 13.2 Å². The largest absolute Gasteiger partial charge is 0.370 e. The van der Waals surface area contributed by atoms with E-state index in [4.69, 9.17) is 10.00 Å². The molecule has 1 amide bonds. The number of rotatable bonds is 1. The highest BCUT2D eigenvalue weighted by Crippen LogP contribution is 1.96. The maximum absolute atomic E-state index is 10.8. The number of amides is 1. The molecule has 0 unspecified atom stereocenters. The van der Waals surface area contributed by atoms with E-state index in [1.165, 1.54) is 4.90 Å². The Morgan fingerprint density at radius 2 is 2.60 bits per heavy atom. The Labute approximate surface area is 59.0 Å². The number of hydrogen-bond acceptors (Lipinski definition) is 3. The molecule has 1 saturated heterocycles. The number of nitrogens with zero attached hydrogens (tertiary/aromatic N) is 2. The van der Waals surface area contributed by atoms with Crippen LogP contribution in [0.1, 0.15) is 0 Å². The van der Waals surface area contributed by atoms with Crippen molar-refractivity contribution in [1.29, 1.82) is 5.26 Å². The first-order valence-electron chi connectivity index (χ1n) is 3.07. The van der Waals surface area contributed by atoms with Crippen LogP contribution >= 0.6 is 0 Å². The molecule has 1 fully saturated rings. The molecule has 4 heteroatoms. The number of nitriles is 1. The van der Waals surface area contributed by atoms with E-state index in [-0.39, 0.29) is 19.1 Å². The van der Waals surface area contributed by atoms with Gasteiger partial charge in [-0.3, -0.25) is 4.79 Å². The minimum atomic E-state index is -0.0900. The van der Waals surface area contributed by atoms with Gasteiger partial charge in [0.2, 0.25) is 5.91 Å². The lowest BCUT2D eigenvalue weighted by atomic mass is 10.4. The minimum Gasteiger partial charge on any atom is -0.370 e. The molecular formula is C6H8N2O2. The van der Waals surface area contributed by atoms with E-state index in [0.29, 0.717) is 13.2 Å². The van der Waals surface area contributed by atoms with Crippen LogP contribution in [0.25, 0.3) is 0 Å². The van der Waals surface area contributed by atoms with E-state index in [1.807, 2.05) is 6.07 Å². The SMILES string of the molecule is N#CCN1CCOCC1=O. The first kappa shape index (κ1) is 7.03. The van der Waals surface area contributed by atoms with Gasteiger partial charge in [-0.05, 0) is 0 Å². The van der Waals surface area contributed by atoms with Crippen molar-refractivity contribution in [1.82, 2.24) is 4.90 Å². The summed E-state index contributed by atoms with van der Waals surface area (Å²) < 4.78 is 4.86. The van der Waals surface area contributed by atoms with Gasteiger partial charge in [-0.2, -0.15) is 5.26 Å². The number of carbonyl (C=O) groups excluding carboxylic acids is 1. The summed E-state index contributed by atoms with van der Waals surface area (Å²) in [7, 11) is 0. The molecule has 10 heavy (non-hydrogen) atoms. The highest BCUT2D eigenvalue weighted by atomic mass is 16.5. The van der Waals surface area contributed by atoms with E-state index in [0.717, 1.165) is 0 Å². The highest BCUT2D eigenvalue weighted by Gasteiger charge is 2.16. The summed E-state index contributed by atoms with van der Waals surface area (Å²) in [6.45, 7) is 1.41. The zero-order valence-electron chi connectivity index (χ0n) is 5.54. The summed E-state index contributed by atoms with van der Waals surface area (Å²) in [5.41, 5.74) is 0. The Morgan fingerprint density at radius 1 is 1.80 bits per heavy atom. The molecule has 0 aliphatic carbocycles. The van der Waals surface area contributed by atoms with E-state index >= 15 is 0 Å². The van der Waals surface area contributed by atoms with Crippen LogP contribution in [0.5, 0.6) is 0 Å². The summed E-state index contributed by atoms with van der Waals surface area (Å²) in [6.07, 6.45) is 0. The zero-order valence-corrected chi connectivity index (χ0v) is 5.54. The number of morpholine rings is 1. The summed E-state index contributed by atoms with van der Waals surface area (Å²) in [5.74, 6) is -0.0900. The van der Waals surface area contributed by atoms with Crippen molar-refractivity contribution in [2.45, 2.75) is 0 Å². The van der Waals surface area contributed by atoms with Crippen molar-refractivity contribution in [3.8, 4) is 6.07 Å². The molecule has 0 saturated carbocycles. The van der Waals surface area contributed by atoms with Gasteiger partial charge in [0.05, 0.1) is 12.7 Å². The maximum Gasteiger partial charge on any atom is 0.249 e. The Morgan fingerprint density at radius 3 is 3.20 bits per heavy atom. The Balaban J connectivity index is 2.42. The molecule has 1 rings (SSSR count). The quantitative estimate of drug-likeness (QED) is 0.455. The van der Waals surface area contributed by atoms with Crippen LogP contribution < -0.4 is 0 Å². The van der Waals surface area contributed by atoms with E-state index in [1.54, 1.807) is 0 Å². The second-order valence-electron chi connectivity index (χ2n) is 2.03. The average Bonchev–Trinajstić information content (AvgIpc) is 1.94. The summed E-state index contributed by atoms with van der Waals surface area (Å²) in [4.78, 5) is 12.3. The molecule has 0 N–H and O–H groups in total. The van der Waals surface area contributed by atoms with Crippen LogP contribution in [0.2, 0.25) is 0 Å². The fourth-order valence-electron chi connectivity index (χ4n) is 0.803. The molecule has 0 aromatic heterocycles. The molecule has 4 nitrogen and oxygen atoms in total. The van der Waals surface area contributed by atoms with E-state index in [9.17, 15) is 4.79 Å². The van der Waals surface area contributed by atoms with Crippen LogP contribution in [-0.4, -0.2) is 37.1 Å². The Hall–Kier alpha value is -1.08. The van der Waals surface area contributed by atoms with Gasteiger partial charge in [-0.15, -0.1) is 0 Å². The third kappa shape index (κ3) is 1.45. The molecule has 0 aromatic carbocycles. The highest BCUT2D eigenvalue weighted by molar-refractivity contribution is 5.78. The third-order valence-electron chi connectivity index (χ3n) is 1.35. The van der Waals surface area contributed by atoms with Crippen molar-refractivity contribution < 1.29 is 9.53 Å². The van der Waals surface area contributed by atoms with Crippen LogP contribution in [0.4, 0.5) is 0 Å². The van der Waals surface area contributed by atoms with Gasteiger partial charge in [0, 0.05) is 6.54 Å². The van der Waals surface area contributed by atoms with Gasteiger partial charge in [-0.25, -0.2) is 0 Å². The van der Waals surface area contributed by atoms with Crippen LogP contribution in [0, 0.1) is 11.3 Å². The molecule has 0 bridgehead atoms. The van der Waals surface area contributed by atoms with Crippen molar-refractivity contribution >= 4 is 5.91 Å². The van der Waals surface area contributed by atoms with Crippen LogP contribution in [0.15, 0.2) is 0 Å². The fourth-order valence-corrected chi connectivity index (χ4v) is 0.803. The normalized spacial score (nSPS) is 18.7. The molecule has 0 spiro atoms. The molecule has 1 aliphatic heterocycles. The molecule has 0 aromatic rings. The summed E-state index contributed by atoms with van der Waals surface area (Å²) in [5, 5.41) is 8.25. The van der Waals surface area contributed by atoms with Gasteiger partial charge in [0.15, 0.2) is 0 Å². The Bertz CT molecular complexity index is 173. The number of ether oxygens (including phenoxy) is 1. The lowest BCUT2D eigenvalue weighted by Crippen LogP contribution is -2.41. The van der Waals surface area contributed by atoms with Gasteiger partial charge in [-0.1, -0.05) is 0 Å². The second kappa shape index (κ2) is 3.18. The average molecular weight is 140 g/mol. The standard InChI is InChI=1S/C6H8N2O2/c7-1-2-8-3-4-10-5-6(8)9/h2-5H2. The molecule has 0 radical (unpaired) electrons. The molecule has 1 heterocycles. The van der Waals surface area contributed by atoms with Crippen molar-refractivity contribution in [2.75, 3.05) is 26.3 Å². The van der Waals surface area contributed by atoms with Crippen LogP contribution in [0.3, 0.4) is 0 Å². The first-order chi connectivity index (χ1) is 4.84.